The summed E-state index contributed by atoms with van der Waals surface area (Å²) in [6, 6.07) is 8.44. The van der Waals surface area contributed by atoms with Crippen molar-refractivity contribution in [3.8, 4) is 0 Å². The van der Waals surface area contributed by atoms with Gasteiger partial charge in [-0.2, -0.15) is 13.2 Å². The summed E-state index contributed by atoms with van der Waals surface area (Å²) in [6.45, 7) is 0. The minimum absolute atomic E-state index is 0.0729. The van der Waals surface area contributed by atoms with Crippen LogP contribution in [0.1, 0.15) is 15.9 Å². The molecule has 0 atom stereocenters. The number of nitro benzene ring substituents is 1. The lowest BCUT2D eigenvalue weighted by Gasteiger charge is -2.15. The maximum absolute atomic E-state index is 13.2. The van der Waals surface area contributed by atoms with Gasteiger partial charge in [0.2, 0.25) is 0 Å². The molecule has 2 aromatic carbocycles. The van der Waals surface area contributed by atoms with E-state index in [-0.39, 0.29) is 28.0 Å². The lowest BCUT2D eigenvalue weighted by atomic mass is 10.0. The van der Waals surface area contributed by atoms with E-state index in [0.29, 0.717) is 0 Å². The Labute approximate surface area is 149 Å². The molecule has 0 amide bonds. The molecule has 0 unspecified atom stereocenters. The number of hydrogen-bond donors (Lipinski definition) is 2. The molecule has 1 heterocycles. The molecule has 138 valence electrons. The van der Waals surface area contributed by atoms with Crippen LogP contribution in [0.25, 0.3) is 10.9 Å². The highest BCUT2D eigenvalue weighted by molar-refractivity contribution is 6.06. The minimum atomic E-state index is -4.68. The van der Waals surface area contributed by atoms with Gasteiger partial charge in [-0.1, -0.05) is 18.2 Å². The number of aromatic carboxylic acids is 1. The number of non-ortho nitro benzene ring substituents is 1. The Hall–Kier alpha value is -3.69. The molecule has 0 fully saturated rings. The molecule has 2 N–H and O–H groups in total. The number of nitrogens with one attached hydrogen (secondary N) is 1. The van der Waals surface area contributed by atoms with Crippen LogP contribution in [-0.2, 0) is 6.18 Å². The average Bonchev–Trinajstić information content (AvgIpc) is 2.60. The van der Waals surface area contributed by atoms with Crippen LogP contribution in [0.2, 0.25) is 0 Å². The Morgan fingerprint density at radius 3 is 2.52 bits per heavy atom. The molecule has 3 aromatic rings. The van der Waals surface area contributed by atoms with Crippen LogP contribution in [0, 0.1) is 10.1 Å². The Morgan fingerprint density at radius 2 is 1.89 bits per heavy atom. The first-order valence-corrected chi connectivity index (χ1v) is 7.42. The third kappa shape index (κ3) is 3.50. The van der Waals surface area contributed by atoms with Gasteiger partial charge in [0.15, 0.2) is 0 Å². The van der Waals surface area contributed by atoms with Gasteiger partial charge in [0.1, 0.15) is 5.56 Å². The van der Waals surface area contributed by atoms with E-state index in [1.807, 2.05) is 0 Å². The van der Waals surface area contributed by atoms with Crippen molar-refractivity contribution in [3.63, 3.8) is 0 Å². The Balaban J connectivity index is 2.23. The molecule has 0 aliphatic heterocycles. The van der Waals surface area contributed by atoms with Gasteiger partial charge in [0.25, 0.3) is 5.69 Å². The van der Waals surface area contributed by atoms with Crippen molar-refractivity contribution in [2.24, 2.45) is 0 Å². The highest BCUT2D eigenvalue weighted by Gasteiger charge is 2.34. The van der Waals surface area contributed by atoms with Gasteiger partial charge in [-0.25, -0.2) is 4.79 Å². The third-order valence-corrected chi connectivity index (χ3v) is 3.76. The van der Waals surface area contributed by atoms with Gasteiger partial charge in [-0.15, -0.1) is 0 Å². The second kappa shape index (κ2) is 6.56. The molecule has 0 saturated heterocycles. The van der Waals surface area contributed by atoms with E-state index in [9.17, 15) is 33.2 Å². The summed E-state index contributed by atoms with van der Waals surface area (Å²) in [7, 11) is 0. The van der Waals surface area contributed by atoms with E-state index >= 15 is 0 Å². The van der Waals surface area contributed by atoms with E-state index in [4.69, 9.17) is 0 Å². The molecule has 10 heteroatoms. The summed E-state index contributed by atoms with van der Waals surface area (Å²) < 4.78 is 39.7. The van der Waals surface area contributed by atoms with E-state index < -0.39 is 28.1 Å². The number of benzene rings is 2. The smallest absolute Gasteiger partial charge is 0.418 e. The second-order valence-electron chi connectivity index (χ2n) is 5.48. The first kappa shape index (κ1) is 18.1. The summed E-state index contributed by atoms with van der Waals surface area (Å²) in [4.78, 5) is 25.4. The summed E-state index contributed by atoms with van der Waals surface area (Å²) in [5.41, 5.74) is -2.06. The van der Waals surface area contributed by atoms with Crippen molar-refractivity contribution >= 4 is 33.9 Å². The molecule has 27 heavy (non-hydrogen) atoms. The van der Waals surface area contributed by atoms with Crippen molar-refractivity contribution in [1.82, 2.24) is 4.98 Å². The molecular formula is C17H10F3N3O4. The number of pyridine rings is 1. The number of fused-ring (bicyclic) bond motifs is 1. The van der Waals surface area contributed by atoms with Crippen molar-refractivity contribution in [1.29, 1.82) is 0 Å². The van der Waals surface area contributed by atoms with Gasteiger partial charge in [0, 0.05) is 29.4 Å². The van der Waals surface area contributed by atoms with Crippen LogP contribution in [0.15, 0.2) is 48.7 Å². The summed E-state index contributed by atoms with van der Waals surface area (Å²) in [5, 5.41) is 22.9. The van der Waals surface area contributed by atoms with E-state index in [1.165, 1.54) is 24.3 Å². The fourth-order valence-corrected chi connectivity index (χ4v) is 2.59. The zero-order valence-corrected chi connectivity index (χ0v) is 13.3. The summed E-state index contributed by atoms with van der Waals surface area (Å²) >= 11 is 0. The average molecular weight is 377 g/mol. The predicted octanol–water partition coefficient (Wildman–Crippen LogP) is 4.60. The number of carboxylic acids is 1. The van der Waals surface area contributed by atoms with Crippen LogP contribution in [0.5, 0.6) is 0 Å². The number of hydrogen-bond acceptors (Lipinski definition) is 5. The zero-order chi connectivity index (χ0) is 19.8. The highest BCUT2D eigenvalue weighted by atomic mass is 19.4. The number of carbonyl (C=O) groups is 1. The number of aromatic nitrogens is 1. The van der Waals surface area contributed by atoms with Gasteiger partial charge in [-0.05, 0) is 12.1 Å². The number of para-hydroxylation sites is 1. The van der Waals surface area contributed by atoms with Crippen LogP contribution in [0.3, 0.4) is 0 Å². The zero-order valence-electron chi connectivity index (χ0n) is 13.3. The summed E-state index contributed by atoms with van der Waals surface area (Å²) in [5.74, 6) is -1.41. The van der Waals surface area contributed by atoms with Crippen molar-refractivity contribution in [3.05, 3.63) is 69.9 Å². The molecule has 0 aliphatic carbocycles. The quantitative estimate of drug-likeness (QED) is 0.508. The normalized spacial score (nSPS) is 11.4. The van der Waals surface area contributed by atoms with Crippen LogP contribution >= 0.6 is 0 Å². The number of carboxylic acid groups (broad SMARTS) is 1. The largest absolute Gasteiger partial charge is 0.478 e. The van der Waals surface area contributed by atoms with Crippen molar-refractivity contribution in [2.45, 2.75) is 6.18 Å². The number of rotatable bonds is 4. The maximum Gasteiger partial charge on any atom is 0.418 e. The Kier molecular flexibility index (Phi) is 4.40. The van der Waals surface area contributed by atoms with E-state index in [2.05, 4.69) is 10.3 Å². The number of nitro groups is 1. The first-order valence-electron chi connectivity index (χ1n) is 7.42. The molecule has 7 nitrogen and oxygen atoms in total. The number of anilines is 2. The molecule has 0 aliphatic rings. The molecule has 1 aromatic heterocycles. The van der Waals surface area contributed by atoms with E-state index in [0.717, 1.165) is 24.4 Å². The number of nitrogens with zero attached hydrogens (tertiary/aromatic N) is 2. The Morgan fingerprint density at radius 1 is 1.19 bits per heavy atom. The standard InChI is InChI=1S/C17H10F3N3O4/c18-17(19,20)13-6-2-5-11-14(12(16(24)25)8-21-15(11)13)22-9-3-1-4-10(7-9)23(26)27/h1-8H,(H,21,22)(H,24,25). The van der Waals surface area contributed by atoms with Crippen LogP contribution in [0.4, 0.5) is 30.2 Å². The first-order chi connectivity index (χ1) is 12.7. The summed E-state index contributed by atoms with van der Waals surface area (Å²) in [6.07, 6.45) is -3.86. The van der Waals surface area contributed by atoms with Gasteiger partial charge in [-0.3, -0.25) is 15.1 Å². The van der Waals surface area contributed by atoms with Gasteiger partial charge >= 0.3 is 12.1 Å². The topological polar surface area (TPSA) is 105 Å². The van der Waals surface area contributed by atoms with E-state index in [1.54, 1.807) is 0 Å². The fraction of sp³-hybridized carbons (Fsp3) is 0.0588. The van der Waals surface area contributed by atoms with Crippen molar-refractivity contribution < 1.29 is 28.0 Å². The fourth-order valence-electron chi connectivity index (χ4n) is 2.59. The van der Waals surface area contributed by atoms with Crippen LogP contribution < -0.4 is 5.32 Å². The lowest BCUT2D eigenvalue weighted by Crippen LogP contribution is -2.09. The van der Waals surface area contributed by atoms with Gasteiger partial charge in [0.05, 0.1) is 21.7 Å². The molecular weight excluding hydrogens is 367 g/mol. The lowest BCUT2D eigenvalue weighted by molar-refractivity contribution is -0.384. The highest BCUT2D eigenvalue weighted by Crippen LogP contribution is 2.38. The monoisotopic (exact) mass is 377 g/mol. The SMILES string of the molecule is O=C(O)c1cnc2c(C(F)(F)F)cccc2c1Nc1cccc([N+](=O)[O-])c1. The second-order valence-corrected chi connectivity index (χ2v) is 5.48. The third-order valence-electron chi connectivity index (χ3n) is 3.76. The number of halogens is 3. The molecule has 0 bridgehead atoms. The molecule has 3 rings (SSSR count). The van der Waals surface area contributed by atoms with Gasteiger partial charge < -0.3 is 10.4 Å². The molecule has 0 spiro atoms. The van der Waals surface area contributed by atoms with Crippen LogP contribution in [-0.4, -0.2) is 21.0 Å². The molecule has 0 saturated carbocycles. The maximum atomic E-state index is 13.2. The molecule has 0 radical (unpaired) electrons. The van der Waals surface area contributed by atoms with Crippen molar-refractivity contribution in [2.75, 3.05) is 5.32 Å². The Bertz CT molecular complexity index is 1070. The predicted molar refractivity (Wildman–Crippen MR) is 90.1 cm³/mol. The number of alkyl halides is 3. The minimum Gasteiger partial charge on any atom is -0.478 e.